The van der Waals surface area contributed by atoms with E-state index < -0.39 is 0 Å². The molecule has 0 aromatic carbocycles. The van der Waals surface area contributed by atoms with Crippen molar-refractivity contribution >= 4 is 17.7 Å². The van der Waals surface area contributed by atoms with Crippen LogP contribution in [0.2, 0.25) is 0 Å². The largest absolute Gasteiger partial charge is 0.378 e. The van der Waals surface area contributed by atoms with Gasteiger partial charge in [-0.1, -0.05) is 155 Å². The van der Waals surface area contributed by atoms with Crippen LogP contribution in [-0.4, -0.2) is 84.4 Å². The van der Waals surface area contributed by atoms with Crippen molar-refractivity contribution in [3.63, 3.8) is 0 Å². The Kier molecular flexibility index (Phi) is 29.3. The van der Waals surface area contributed by atoms with Crippen LogP contribution in [0.3, 0.4) is 0 Å². The number of amides is 3. The number of hydrogen-bond acceptors (Lipinski definition) is 4. The number of hydrogen-bond donors (Lipinski definition) is 0. The van der Waals surface area contributed by atoms with E-state index in [1.54, 1.807) is 20.8 Å². The second kappa shape index (κ2) is 31.8. The molecule has 7 heteroatoms. The zero-order valence-electron chi connectivity index (χ0n) is 49.6. The van der Waals surface area contributed by atoms with Crippen LogP contribution in [-0.2, 0) is 19.1 Å². The predicted octanol–water partition coefficient (Wildman–Crippen LogP) is 15.9. The summed E-state index contributed by atoms with van der Waals surface area (Å²) in [5.41, 5.74) is 0. The number of nitrogens with zero attached hydrogens (tertiary/aromatic N) is 3. The van der Waals surface area contributed by atoms with E-state index in [4.69, 9.17) is 4.74 Å². The lowest BCUT2D eigenvalue weighted by molar-refractivity contribution is -0.133. The summed E-state index contributed by atoms with van der Waals surface area (Å²) in [6.45, 7) is 38.1. The smallest absolute Gasteiger partial charge is 0.219 e. The van der Waals surface area contributed by atoms with Crippen molar-refractivity contribution in [1.82, 2.24) is 14.7 Å². The summed E-state index contributed by atoms with van der Waals surface area (Å²) in [7, 11) is 5.72. The molecular weight excluding hydrogens is 851 g/mol. The molecule has 8 fully saturated rings. The molecule has 1 saturated heterocycles. The van der Waals surface area contributed by atoms with Gasteiger partial charge < -0.3 is 19.4 Å². The van der Waals surface area contributed by atoms with Gasteiger partial charge in [-0.15, -0.1) is 0 Å². The Morgan fingerprint density at radius 2 is 0.594 bits per heavy atom. The molecule has 3 unspecified atom stereocenters. The normalized spacial score (nSPS) is 29.0. The molecule has 1 heterocycles. The molecule has 8 rings (SSSR count). The molecular formula is C62H119N3O4. The molecule has 0 N–H and O–H groups in total. The van der Waals surface area contributed by atoms with E-state index in [1.165, 1.54) is 122 Å². The predicted molar refractivity (Wildman–Crippen MR) is 296 cm³/mol. The summed E-state index contributed by atoms with van der Waals surface area (Å²) in [4.78, 5) is 38.6. The molecule has 7 nitrogen and oxygen atoms in total. The number of carbonyl (C=O) groups is 3. The topological polar surface area (TPSA) is 70.2 Å². The summed E-state index contributed by atoms with van der Waals surface area (Å²) in [5.74, 6) is 14.3. The molecule has 0 spiro atoms. The van der Waals surface area contributed by atoms with Crippen LogP contribution < -0.4 is 0 Å². The number of ether oxygens (including phenoxy) is 1. The third-order valence-electron chi connectivity index (χ3n) is 19.3. The van der Waals surface area contributed by atoms with Gasteiger partial charge in [-0.25, -0.2) is 0 Å². The van der Waals surface area contributed by atoms with Crippen LogP contribution in [0, 0.1) is 88.8 Å². The van der Waals surface area contributed by atoms with Crippen LogP contribution >= 0.6 is 0 Å². The maximum absolute atomic E-state index is 11.0. The first-order chi connectivity index (χ1) is 32.2. The van der Waals surface area contributed by atoms with E-state index in [9.17, 15) is 14.4 Å². The van der Waals surface area contributed by atoms with Crippen LogP contribution in [0.25, 0.3) is 0 Å². The van der Waals surface area contributed by atoms with Crippen LogP contribution in [0.4, 0.5) is 0 Å². The minimum absolute atomic E-state index is 0.196. The molecule has 3 amide bonds. The molecule has 1 aliphatic heterocycles. The van der Waals surface area contributed by atoms with Gasteiger partial charge in [0.1, 0.15) is 0 Å². The van der Waals surface area contributed by atoms with Gasteiger partial charge in [-0.3, -0.25) is 14.4 Å². The van der Waals surface area contributed by atoms with Gasteiger partial charge in [0.15, 0.2) is 0 Å². The highest BCUT2D eigenvalue weighted by molar-refractivity contribution is 5.74. The lowest BCUT2D eigenvalue weighted by atomic mass is 9.73. The Morgan fingerprint density at radius 1 is 0.348 bits per heavy atom. The molecule has 8 aliphatic rings. The fourth-order valence-corrected chi connectivity index (χ4v) is 11.3. The second-order valence-electron chi connectivity index (χ2n) is 26.4. The SMILES string of the molecule is CC(=O)N(C)C1CC(C(C)C)C1.CC(=O)N(C)C1CC(C(C)C)C1.CC(=O)N(C)C1CC(C(C)C)C1.CC(C)C1CC2CCCOC2C1.CC(C)C1CCC1.CC(C)C1CCC1.CC(C)C1CCC1. The lowest BCUT2D eigenvalue weighted by Crippen LogP contribution is -2.46. The van der Waals surface area contributed by atoms with Crippen LogP contribution in [0.5, 0.6) is 0 Å². The van der Waals surface area contributed by atoms with Gasteiger partial charge in [-0.05, 0) is 153 Å². The molecule has 406 valence electrons. The highest BCUT2D eigenvalue weighted by Gasteiger charge is 2.38. The number of fused-ring (bicyclic) bond motifs is 1. The Hall–Kier alpha value is -1.63. The Bertz CT molecular complexity index is 1240. The Labute approximate surface area is 430 Å². The van der Waals surface area contributed by atoms with Crippen molar-refractivity contribution < 1.29 is 19.1 Å². The van der Waals surface area contributed by atoms with Crippen molar-refractivity contribution in [2.75, 3.05) is 27.7 Å². The summed E-state index contributed by atoms with van der Waals surface area (Å²) >= 11 is 0. The fraction of sp³-hybridized carbons (Fsp3) is 0.952. The highest BCUT2D eigenvalue weighted by atomic mass is 16.5. The molecule has 0 aromatic rings. The van der Waals surface area contributed by atoms with E-state index >= 15 is 0 Å². The average molecular weight is 971 g/mol. The van der Waals surface area contributed by atoms with E-state index in [0.29, 0.717) is 24.2 Å². The zero-order chi connectivity index (χ0) is 52.3. The van der Waals surface area contributed by atoms with Crippen LogP contribution in [0.1, 0.15) is 240 Å². The fourth-order valence-electron chi connectivity index (χ4n) is 11.3. The molecule has 0 aromatic heterocycles. The van der Waals surface area contributed by atoms with Gasteiger partial charge in [0, 0.05) is 66.6 Å². The van der Waals surface area contributed by atoms with Gasteiger partial charge >= 0.3 is 0 Å². The van der Waals surface area contributed by atoms with Crippen molar-refractivity contribution in [2.24, 2.45) is 88.8 Å². The third-order valence-corrected chi connectivity index (χ3v) is 19.3. The van der Waals surface area contributed by atoms with E-state index in [0.717, 1.165) is 95.4 Å². The zero-order valence-corrected chi connectivity index (χ0v) is 49.6. The van der Waals surface area contributed by atoms with Gasteiger partial charge in [0.05, 0.1) is 6.10 Å². The molecule has 0 radical (unpaired) electrons. The van der Waals surface area contributed by atoms with Gasteiger partial charge in [0.25, 0.3) is 0 Å². The monoisotopic (exact) mass is 970 g/mol. The number of carbonyl (C=O) groups excluding carboxylic acids is 3. The van der Waals surface area contributed by atoms with Crippen LogP contribution in [0.15, 0.2) is 0 Å². The maximum atomic E-state index is 11.0. The molecule has 7 saturated carbocycles. The van der Waals surface area contributed by atoms with Crippen molar-refractivity contribution in [3.05, 3.63) is 0 Å². The minimum atomic E-state index is 0.196. The first-order valence-electron chi connectivity index (χ1n) is 29.6. The minimum Gasteiger partial charge on any atom is -0.378 e. The van der Waals surface area contributed by atoms with Gasteiger partial charge in [0.2, 0.25) is 17.7 Å². The molecule has 7 aliphatic carbocycles. The summed E-state index contributed by atoms with van der Waals surface area (Å²) in [6.07, 6.45) is 26.8. The highest BCUT2D eigenvalue weighted by Crippen LogP contribution is 2.42. The standard InChI is InChI=1S/C11H20O.3C10H19NO.3C7H14/c1-8(2)10-6-9-4-3-5-12-11(9)7-10;3*1-7(2)9-5-10(6-9)11(4)8(3)12;3*1-6(2)7-4-3-5-7/h8-11H,3-7H2,1-2H3;3*7,9-10H,5-6H2,1-4H3;3*6-7H,3-5H2,1-2H3. The lowest BCUT2D eigenvalue weighted by Gasteiger charge is -2.42. The number of rotatable bonds is 10. The van der Waals surface area contributed by atoms with Crippen molar-refractivity contribution in [3.8, 4) is 0 Å². The van der Waals surface area contributed by atoms with E-state index in [1.807, 2.05) is 35.8 Å². The third kappa shape index (κ3) is 22.2. The molecule has 69 heavy (non-hydrogen) atoms. The van der Waals surface area contributed by atoms with E-state index in [2.05, 4.69) is 96.9 Å². The summed E-state index contributed by atoms with van der Waals surface area (Å²) in [5, 5.41) is 0. The maximum Gasteiger partial charge on any atom is 0.219 e. The first-order valence-corrected chi connectivity index (χ1v) is 29.6. The summed E-state index contributed by atoms with van der Waals surface area (Å²) < 4.78 is 5.78. The Balaban J connectivity index is 0.000000280. The Morgan fingerprint density at radius 3 is 0.768 bits per heavy atom. The molecule has 0 bridgehead atoms. The van der Waals surface area contributed by atoms with Crippen molar-refractivity contribution in [2.45, 2.75) is 264 Å². The first kappa shape index (κ1) is 63.5. The second-order valence-corrected chi connectivity index (χ2v) is 26.4. The quantitative estimate of drug-likeness (QED) is 0.219. The van der Waals surface area contributed by atoms with E-state index in [-0.39, 0.29) is 17.7 Å². The van der Waals surface area contributed by atoms with Gasteiger partial charge in [-0.2, -0.15) is 0 Å². The molecule has 3 atom stereocenters. The average Bonchev–Trinajstić information content (AvgIpc) is 3.56. The van der Waals surface area contributed by atoms with Crippen molar-refractivity contribution in [1.29, 1.82) is 0 Å². The summed E-state index contributed by atoms with van der Waals surface area (Å²) in [6, 6.07) is 1.57.